The monoisotopic (exact) mass is 499 g/mol. The van der Waals surface area contributed by atoms with Crippen LogP contribution in [-0.4, -0.2) is 67.2 Å². The van der Waals surface area contributed by atoms with Crippen LogP contribution in [0.1, 0.15) is 85.9 Å². The summed E-state index contributed by atoms with van der Waals surface area (Å²) in [4.78, 5) is 53.1. The number of hydrogen-bond acceptors (Lipinski definition) is 7. The number of amides is 4. The first-order chi connectivity index (χ1) is 17.4. The zero-order valence-corrected chi connectivity index (χ0v) is 21.3. The van der Waals surface area contributed by atoms with Crippen LogP contribution < -0.4 is 10.2 Å². The van der Waals surface area contributed by atoms with E-state index >= 15 is 0 Å². The third-order valence-electron chi connectivity index (χ3n) is 7.27. The summed E-state index contributed by atoms with van der Waals surface area (Å²) < 4.78 is 12.2. The molecule has 1 N–H and O–H groups in total. The number of imide groups is 2. The highest BCUT2D eigenvalue weighted by Gasteiger charge is 2.44. The molecule has 3 heterocycles. The van der Waals surface area contributed by atoms with Crippen molar-refractivity contribution in [2.45, 2.75) is 77.5 Å². The fraction of sp³-hybridized carbons (Fsp3) is 0.630. The van der Waals surface area contributed by atoms with Gasteiger partial charge in [-0.15, -0.1) is 0 Å². The molecule has 3 aliphatic rings. The second-order valence-corrected chi connectivity index (χ2v) is 9.82. The first-order valence-electron chi connectivity index (χ1n) is 13.3. The van der Waals surface area contributed by atoms with Crippen LogP contribution in [0.2, 0.25) is 0 Å². The van der Waals surface area contributed by atoms with Crippen molar-refractivity contribution in [2.24, 2.45) is 5.92 Å². The van der Waals surface area contributed by atoms with Crippen molar-refractivity contribution in [1.29, 1.82) is 0 Å². The second kappa shape index (κ2) is 12.0. The Kier molecular flexibility index (Phi) is 8.74. The van der Waals surface area contributed by atoms with Gasteiger partial charge in [0.2, 0.25) is 11.8 Å². The number of rotatable bonds is 11. The van der Waals surface area contributed by atoms with Crippen molar-refractivity contribution in [3.63, 3.8) is 0 Å². The van der Waals surface area contributed by atoms with Gasteiger partial charge in [0.25, 0.3) is 11.8 Å². The number of benzene rings is 1. The summed E-state index contributed by atoms with van der Waals surface area (Å²) in [6, 6.07) is 4.35. The van der Waals surface area contributed by atoms with Crippen LogP contribution in [0.3, 0.4) is 0 Å². The van der Waals surface area contributed by atoms with Crippen molar-refractivity contribution in [3.8, 4) is 0 Å². The van der Waals surface area contributed by atoms with Crippen LogP contribution in [0.25, 0.3) is 0 Å². The molecule has 0 aliphatic carbocycles. The molecule has 0 aromatic heterocycles. The molecule has 4 amide bonds. The lowest BCUT2D eigenvalue weighted by molar-refractivity contribution is -0.177. The van der Waals surface area contributed by atoms with Crippen LogP contribution in [0.4, 0.5) is 5.69 Å². The summed E-state index contributed by atoms with van der Waals surface area (Å²) in [6.07, 6.45) is 6.10. The third kappa shape index (κ3) is 5.62. The molecule has 0 bridgehead atoms. The zero-order chi connectivity index (χ0) is 25.7. The summed E-state index contributed by atoms with van der Waals surface area (Å²) in [5.41, 5.74) is 1.50. The van der Waals surface area contributed by atoms with E-state index in [4.69, 9.17) is 9.47 Å². The highest BCUT2D eigenvalue weighted by Crippen LogP contribution is 2.33. The van der Waals surface area contributed by atoms with Gasteiger partial charge in [0.1, 0.15) is 6.04 Å². The van der Waals surface area contributed by atoms with Gasteiger partial charge in [-0.3, -0.25) is 29.4 Å². The number of hydrogen-bond donors (Lipinski definition) is 1. The molecule has 3 aliphatic heterocycles. The molecule has 9 heteroatoms. The topological polar surface area (TPSA) is 105 Å². The van der Waals surface area contributed by atoms with E-state index in [0.717, 1.165) is 62.2 Å². The Morgan fingerprint density at radius 1 is 0.917 bits per heavy atom. The lowest BCUT2D eigenvalue weighted by Gasteiger charge is -2.37. The Morgan fingerprint density at radius 3 is 2.17 bits per heavy atom. The lowest BCUT2D eigenvalue weighted by Crippen LogP contribution is -2.54. The van der Waals surface area contributed by atoms with Crippen molar-refractivity contribution < 1.29 is 28.7 Å². The molecule has 0 saturated carbocycles. The normalized spacial score (nSPS) is 20.9. The summed E-state index contributed by atoms with van der Waals surface area (Å²) in [5.74, 6) is -1.62. The van der Waals surface area contributed by atoms with Gasteiger partial charge >= 0.3 is 0 Å². The largest absolute Gasteiger partial charge is 0.371 e. The van der Waals surface area contributed by atoms with E-state index in [1.165, 1.54) is 0 Å². The number of carbonyl (C=O) groups excluding carboxylic acids is 4. The molecule has 0 spiro atoms. The molecule has 196 valence electrons. The van der Waals surface area contributed by atoms with E-state index in [9.17, 15) is 19.2 Å². The van der Waals surface area contributed by atoms with Crippen LogP contribution >= 0.6 is 0 Å². The Hall–Kier alpha value is -2.78. The number of nitrogens with zero attached hydrogens (tertiary/aromatic N) is 2. The Balaban J connectivity index is 1.40. The number of piperidine rings is 2. The van der Waals surface area contributed by atoms with Crippen LogP contribution in [0, 0.1) is 5.92 Å². The van der Waals surface area contributed by atoms with Crippen LogP contribution in [0.5, 0.6) is 0 Å². The minimum absolute atomic E-state index is 0.106. The maximum absolute atomic E-state index is 13.1. The van der Waals surface area contributed by atoms with Crippen LogP contribution in [-0.2, 0) is 19.1 Å². The molecular weight excluding hydrogens is 462 g/mol. The summed E-state index contributed by atoms with van der Waals surface area (Å²) in [7, 11) is 0. The van der Waals surface area contributed by atoms with E-state index in [-0.39, 0.29) is 25.0 Å². The molecule has 1 aromatic carbocycles. The quantitative estimate of drug-likeness (QED) is 0.283. The molecule has 1 aromatic rings. The van der Waals surface area contributed by atoms with Gasteiger partial charge < -0.3 is 14.4 Å². The highest BCUT2D eigenvalue weighted by molar-refractivity contribution is 6.23. The predicted molar refractivity (Wildman–Crippen MR) is 134 cm³/mol. The maximum Gasteiger partial charge on any atom is 0.262 e. The molecule has 2 fully saturated rings. The molecule has 1 unspecified atom stereocenters. The average Bonchev–Trinajstić information content (AvgIpc) is 3.13. The number of nitrogens with one attached hydrogen (secondary N) is 1. The van der Waals surface area contributed by atoms with Gasteiger partial charge in [0.15, 0.2) is 6.29 Å². The minimum Gasteiger partial charge on any atom is -0.371 e. The fourth-order valence-corrected chi connectivity index (χ4v) is 5.09. The molecule has 0 radical (unpaired) electrons. The molecule has 36 heavy (non-hydrogen) atoms. The molecule has 1 atom stereocenters. The van der Waals surface area contributed by atoms with Crippen molar-refractivity contribution >= 4 is 29.3 Å². The highest BCUT2D eigenvalue weighted by atomic mass is 16.7. The number of fused-ring (bicyclic) bond motifs is 1. The second-order valence-electron chi connectivity index (χ2n) is 9.82. The zero-order valence-electron chi connectivity index (χ0n) is 21.3. The summed E-state index contributed by atoms with van der Waals surface area (Å²) in [5, 5.41) is 2.23. The van der Waals surface area contributed by atoms with Gasteiger partial charge in [-0.05, 0) is 50.3 Å². The van der Waals surface area contributed by atoms with Crippen molar-refractivity contribution in [1.82, 2.24) is 10.2 Å². The Morgan fingerprint density at radius 2 is 1.56 bits per heavy atom. The van der Waals surface area contributed by atoms with E-state index in [2.05, 4.69) is 24.1 Å². The Labute approximate surface area is 212 Å². The SMILES string of the molecule is CCCCOC(OCCCC)C1CCN(c2ccc3c(c2)C(=O)N(C2CCC(=O)NC2=O)C3=O)CC1. The van der Waals surface area contributed by atoms with E-state index in [1.54, 1.807) is 12.1 Å². The van der Waals surface area contributed by atoms with Crippen molar-refractivity contribution in [3.05, 3.63) is 29.3 Å². The number of unbranched alkanes of at least 4 members (excludes halogenated alkanes) is 2. The summed E-state index contributed by atoms with van der Waals surface area (Å²) >= 11 is 0. The Bertz CT molecular complexity index is 978. The third-order valence-corrected chi connectivity index (χ3v) is 7.27. The maximum atomic E-state index is 13.1. The smallest absolute Gasteiger partial charge is 0.262 e. The number of carbonyl (C=O) groups is 4. The first kappa shape index (κ1) is 26.3. The molecular formula is C27H37N3O6. The van der Waals surface area contributed by atoms with E-state index in [0.29, 0.717) is 30.3 Å². The van der Waals surface area contributed by atoms with Gasteiger partial charge in [-0.1, -0.05) is 26.7 Å². The van der Waals surface area contributed by atoms with Crippen molar-refractivity contribution in [2.75, 3.05) is 31.2 Å². The van der Waals surface area contributed by atoms with Gasteiger partial charge in [0.05, 0.1) is 11.1 Å². The number of anilines is 1. The van der Waals surface area contributed by atoms with E-state index in [1.807, 2.05) is 6.07 Å². The number of ether oxygens (including phenoxy) is 2. The molecule has 9 nitrogen and oxygen atoms in total. The molecule has 2 saturated heterocycles. The molecule has 4 rings (SSSR count). The van der Waals surface area contributed by atoms with E-state index < -0.39 is 23.8 Å². The van der Waals surface area contributed by atoms with Crippen LogP contribution in [0.15, 0.2) is 18.2 Å². The lowest BCUT2D eigenvalue weighted by atomic mass is 9.95. The average molecular weight is 500 g/mol. The first-order valence-corrected chi connectivity index (χ1v) is 13.3. The van der Waals surface area contributed by atoms with Gasteiger partial charge in [-0.2, -0.15) is 0 Å². The predicted octanol–water partition coefficient (Wildman–Crippen LogP) is 3.26. The standard InChI is InChI=1S/C27H37N3O6/c1-3-5-15-35-27(36-16-6-4-2)18-11-13-29(14-12-18)19-7-8-20-21(17-19)26(34)30(25(20)33)22-9-10-23(31)28-24(22)32/h7-8,17-18,22,27H,3-6,9-16H2,1-2H3,(H,28,31,32). The fourth-order valence-electron chi connectivity index (χ4n) is 5.09. The summed E-state index contributed by atoms with van der Waals surface area (Å²) in [6.45, 7) is 7.30. The van der Waals surface area contributed by atoms with Gasteiger partial charge in [0, 0.05) is 44.3 Å². The van der Waals surface area contributed by atoms with Gasteiger partial charge in [-0.25, -0.2) is 0 Å². The minimum atomic E-state index is -0.952.